The molecule has 1 aliphatic rings. The molecule has 19 heavy (non-hydrogen) atoms. The molecule has 0 radical (unpaired) electrons. The van der Waals surface area contributed by atoms with Crippen LogP contribution >= 0.6 is 0 Å². The lowest BCUT2D eigenvalue weighted by molar-refractivity contribution is 0.0528. The molecule has 0 bridgehead atoms. The molecule has 0 aromatic carbocycles. The fraction of sp³-hybridized carbons (Fsp3) is 0.692. The molecule has 0 aliphatic carbocycles. The van der Waals surface area contributed by atoms with Crippen molar-refractivity contribution >= 4 is 6.09 Å². The summed E-state index contributed by atoms with van der Waals surface area (Å²) in [6.07, 6.45) is 0.306. The highest BCUT2D eigenvalue weighted by Gasteiger charge is 2.23. The third-order valence-electron chi connectivity index (χ3n) is 2.75. The van der Waals surface area contributed by atoms with E-state index in [4.69, 9.17) is 9.47 Å². The van der Waals surface area contributed by atoms with E-state index < -0.39 is 11.7 Å². The normalized spacial score (nSPS) is 18.2. The molecule has 6 nitrogen and oxygen atoms in total. The van der Waals surface area contributed by atoms with Gasteiger partial charge >= 0.3 is 6.09 Å². The molecule has 1 aliphatic heterocycles. The van der Waals surface area contributed by atoms with Crippen molar-refractivity contribution < 1.29 is 14.3 Å². The Morgan fingerprint density at radius 3 is 2.95 bits per heavy atom. The van der Waals surface area contributed by atoms with Crippen molar-refractivity contribution in [2.45, 2.75) is 52.4 Å². The van der Waals surface area contributed by atoms with Crippen LogP contribution in [0, 0.1) is 0 Å². The second-order valence-electron chi connectivity index (χ2n) is 5.68. The van der Waals surface area contributed by atoms with Crippen molar-refractivity contribution in [3.8, 4) is 0 Å². The molecule has 1 aromatic heterocycles. The number of nitrogens with one attached hydrogen (secondary N) is 2. The Labute approximate surface area is 112 Å². The van der Waals surface area contributed by atoms with Gasteiger partial charge in [-0.2, -0.15) is 0 Å². The van der Waals surface area contributed by atoms with Gasteiger partial charge in [-0.3, -0.25) is 0 Å². The van der Waals surface area contributed by atoms with Gasteiger partial charge in [0.15, 0.2) is 0 Å². The first kappa shape index (κ1) is 13.9. The van der Waals surface area contributed by atoms with Gasteiger partial charge in [-0.05, 0) is 27.7 Å². The molecule has 2 rings (SSSR count). The second kappa shape index (κ2) is 5.21. The Kier molecular flexibility index (Phi) is 3.80. The molecule has 1 unspecified atom stereocenters. The number of carbonyl (C=O) groups excluding carboxylic acids is 1. The zero-order valence-corrected chi connectivity index (χ0v) is 11.9. The van der Waals surface area contributed by atoms with Gasteiger partial charge in [-0.25, -0.2) is 9.78 Å². The van der Waals surface area contributed by atoms with Crippen molar-refractivity contribution in [3.05, 3.63) is 17.2 Å². The molecule has 0 spiro atoms. The van der Waals surface area contributed by atoms with E-state index in [1.54, 1.807) is 0 Å². The molecule has 1 aromatic rings. The lowest BCUT2D eigenvalue weighted by Gasteiger charge is -2.19. The number of carbonyl (C=O) groups is 1. The zero-order valence-electron chi connectivity index (χ0n) is 11.9. The van der Waals surface area contributed by atoms with Crippen LogP contribution in [0.25, 0.3) is 0 Å². The number of imidazole rings is 1. The highest BCUT2D eigenvalue weighted by Crippen LogP contribution is 2.27. The van der Waals surface area contributed by atoms with Crippen molar-refractivity contribution in [2.24, 2.45) is 0 Å². The summed E-state index contributed by atoms with van der Waals surface area (Å²) in [6.45, 7) is 8.58. The molecule has 0 saturated carbocycles. The van der Waals surface area contributed by atoms with Gasteiger partial charge in [-0.15, -0.1) is 0 Å². The predicted molar refractivity (Wildman–Crippen MR) is 69.7 cm³/mol. The van der Waals surface area contributed by atoms with Gasteiger partial charge < -0.3 is 19.8 Å². The maximum absolute atomic E-state index is 11.5. The van der Waals surface area contributed by atoms with Crippen LogP contribution in [0.2, 0.25) is 0 Å². The number of nitrogens with zero attached hydrogens (tertiary/aromatic N) is 1. The Morgan fingerprint density at radius 2 is 2.32 bits per heavy atom. The van der Waals surface area contributed by atoms with Crippen molar-refractivity contribution in [1.29, 1.82) is 0 Å². The number of hydrogen-bond acceptors (Lipinski definition) is 4. The van der Waals surface area contributed by atoms with Gasteiger partial charge in [0, 0.05) is 13.0 Å². The number of alkyl carbamates (subject to hydrolysis) is 1. The summed E-state index contributed by atoms with van der Waals surface area (Å²) in [4.78, 5) is 19.1. The first-order valence-corrected chi connectivity index (χ1v) is 6.51. The van der Waals surface area contributed by atoms with Crippen molar-refractivity contribution in [1.82, 2.24) is 15.3 Å². The summed E-state index contributed by atoms with van der Waals surface area (Å²) < 4.78 is 10.6. The molecular weight excluding hydrogens is 246 g/mol. The van der Waals surface area contributed by atoms with Crippen LogP contribution in [0.15, 0.2) is 0 Å². The van der Waals surface area contributed by atoms with E-state index in [2.05, 4.69) is 15.3 Å². The van der Waals surface area contributed by atoms with Crippen LogP contribution in [0.4, 0.5) is 4.79 Å². The number of aromatic nitrogens is 2. The number of fused-ring (bicyclic) bond motifs is 1. The Morgan fingerprint density at radius 1 is 1.58 bits per heavy atom. The van der Waals surface area contributed by atoms with E-state index >= 15 is 0 Å². The first-order chi connectivity index (χ1) is 8.85. The summed E-state index contributed by atoms with van der Waals surface area (Å²) in [5, 5.41) is 2.71. The summed E-state index contributed by atoms with van der Waals surface area (Å²) in [5.41, 5.74) is 1.55. The second-order valence-corrected chi connectivity index (χ2v) is 5.68. The Hall–Kier alpha value is -1.56. The largest absolute Gasteiger partial charge is 0.444 e. The minimum absolute atomic E-state index is 0.0545. The van der Waals surface area contributed by atoms with E-state index in [9.17, 15) is 4.79 Å². The quantitative estimate of drug-likeness (QED) is 0.879. The smallest absolute Gasteiger partial charge is 0.407 e. The first-order valence-electron chi connectivity index (χ1n) is 6.51. The number of ether oxygens (including phenoxy) is 2. The fourth-order valence-electron chi connectivity index (χ4n) is 1.93. The van der Waals surface area contributed by atoms with E-state index in [0.717, 1.165) is 17.2 Å². The monoisotopic (exact) mass is 267 g/mol. The average molecular weight is 267 g/mol. The molecule has 2 heterocycles. The maximum atomic E-state index is 11.5. The van der Waals surface area contributed by atoms with E-state index in [0.29, 0.717) is 19.6 Å². The summed E-state index contributed by atoms with van der Waals surface area (Å²) >= 11 is 0. The molecule has 0 fully saturated rings. The van der Waals surface area contributed by atoms with Crippen LogP contribution in [-0.2, 0) is 22.5 Å². The van der Waals surface area contributed by atoms with Gasteiger partial charge in [-0.1, -0.05) is 0 Å². The van der Waals surface area contributed by atoms with Gasteiger partial charge in [0.05, 0.1) is 24.1 Å². The Balaban J connectivity index is 1.78. The third kappa shape index (κ3) is 3.70. The van der Waals surface area contributed by atoms with Gasteiger partial charge in [0.1, 0.15) is 11.4 Å². The zero-order chi connectivity index (χ0) is 14.0. The van der Waals surface area contributed by atoms with Crippen molar-refractivity contribution in [2.75, 3.05) is 6.54 Å². The lowest BCUT2D eigenvalue weighted by Crippen LogP contribution is -2.33. The van der Waals surface area contributed by atoms with Crippen LogP contribution < -0.4 is 5.32 Å². The summed E-state index contributed by atoms with van der Waals surface area (Å²) in [5.74, 6) is 0.871. The summed E-state index contributed by atoms with van der Waals surface area (Å²) in [6, 6.07) is 0. The van der Waals surface area contributed by atoms with Crippen LogP contribution in [-0.4, -0.2) is 28.2 Å². The molecule has 2 N–H and O–H groups in total. The molecule has 106 valence electrons. The number of hydrogen-bond donors (Lipinski definition) is 2. The molecule has 1 atom stereocenters. The standard InChI is InChI=1S/C13H21N3O3/c1-8-11-9(7-18-8)15-10(16-11)5-6-14-12(17)19-13(2,3)4/h8H,5-7H2,1-4H3,(H,14,17)(H,15,16). The van der Waals surface area contributed by atoms with Crippen LogP contribution in [0.5, 0.6) is 0 Å². The number of aromatic amines is 1. The fourth-order valence-corrected chi connectivity index (χ4v) is 1.93. The van der Waals surface area contributed by atoms with Crippen molar-refractivity contribution in [3.63, 3.8) is 0 Å². The SMILES string of the molecule is CC1OCc2[nH]c(CCNC(=O)OC(C)(C)C)nc21. The summed E-state index contributed by atoms with van der Waals surface area (Å²) in [7, 11) is 0. The van der Waals surface area contributed by atoms with E-state index in [1.807, 2.05) is 27.7 Å². The van der Waals surface area contributed by atoms with Gasteiger partial charge in [0.2, 0.25) is 0 Å². The average Bonchev–Trinajstić information content (AvgIpc) is 2.79. The lowest BCUT2D eigenvalue weighted by atomic mass is 10.2. The minimum Gasteiger partial charge on any atom is -0.444 e. The van der Waals surface area contributed by atoms with Gasteiger partial charge in [0.25, 0.3) is 0 Å². The van der Waals surface area contributed by atoms with E-state index in [1.165, 1.54) is 0 Å². The number of rotatable bonds is 3. The number of amides is 1. The van der Waals surface area contributed by atoms with Crippen LogP contribution in [0.3, 0.4) is 0 Å². The highest BCUT2D eigenvalue weighted by molar-refractivity contribution is 5.67. The maximum Gasteiger partial charge on any atom is 0.407 e. The molecule has 6 heteroatoms. The topological polar surface area (TPSA) is 76.2 Å². The van der Waals surface area contributed by atoms with E-state index in [-0.39, 0.29) is 6.10 Å². The highest BCUT2D eigenvalue weighted by atomic mass is 16.6. The number of H-pyrrole nitrogens is 1. The molecule has 0 saturated heterocycles. The minimum atomic E-state index is -0.470. The Bertz CT molecular complexity index is 462. The predicted octanol–water partition coefficient (Wildman–Crippen LogP) is 2.07. The molecular formula is C13H21N3O3. The van der Waals surface area contributed by atoms with Crippen LogP contribution in [0.1, 0.15) is 51.0 Å². The third-order valence-corrected chi connectivity index (χ3v) is 2.75. The molecule has 1 amide bonds.